The van der Waals surface area contributed by atoms with Crippen LogP contribution >= 0.6 is 0 Å². The van der Waals surface area contributed by atoms with Crippen molar-refractivity contribution in [3.05, 3.63) is 12.2 Å². The van der Waals surface area contributed by atoms with E-state index in [2.05, 4.69) is 39.8 Å². The maximum Gasteiger partial charge on any atom is 0.187 e. The van der Waals surface area contributed by atoms with E-state index in [4.69, 9.17) is 33.2 Å². The largest absolute Gasteiger partial charge is 0.396 e. The Morgan fingerprint density at radius 3 is 1.79 bits per heavy atom. The number of aliphatic hydroxyl groups excluding tert-OH is 12. The number of aliphatic hydroxyl groups is 12. The number of hydrogen-bond acceptors (Lipinski definition) is 19. The van der Waals surface area contributed by atoms with Crippen LogP contribution in [-0.2, 0) is 33.2 Å². The highest BCUT2D eigenvalue weighted by molar-refractivity contribution is 5.36. The van der Waals surface area contributed by atoms with Crippen molar-refractivity contribution in [2.45, 2.75) is 203 Å². The first-order valence-electron chi connectivity index (χ1n) is 24.6. The predicted molar refractivity (Wildman–Crippen MR) is 231 cm³/mol. The van der Waals surface area contributed by atoms with Crippen LogP contribution in [0.1, 0.15) is 92.9 Å². The van der Waals surface area contributed by atoms with Crippen molar-refractivity contribution in [3.63, 3.8) is 0 Å². The molecule has 0 aromatic heterocycles. The van der Waals surface area contributed by atoms with Gasteiger partial charge in [-0.2, -0.15) is 0 Å². The van der Waals surface area contributed by atoms with Crippen molar-refractivity contribution in [1.82, 2.24) is 0 Å². The molecule has 0 aromatic carbocycles. The average molecular weight is 959 g/mol. The molecule has 67 heavy (non-hydrogen) atoms. The van der Waals surface area contributed by atoms with E-state index in [-0.39, 0.29) is 52.6 Å². The minimum atomic E-state index is -1.89. The highest BCUT2D eigenvalue weighted by atomic mass is 16.8. The van der Waals surface area contributed by atoms with Crippen LogP contribution in [0.4, 0.5) is 0 Å². The molecule has 9 aliphatic rings. The van der Waals surface area contributed by atoms with Gasteiger partial charge in [-0.25, -0.2) is 0 Å². The van der Waals surface area contributed by atoms with E-state index in [0.29, 0.717) is 32.3 Å². The number of rotatable bonds is 10. The molecule has 1 unspecified atom stereocenters. The summed E-state index contributed by atoms with van der Waals surface area (Å²) in [5.41, 5.74) is -3.36. The van der Waals surface area contributed by atoms with Gasteiger partial charge >= 0.3 is 0 Å². The van der Waals surface area contributed by atoms with Crippen LogP contribution in [-0.4, -0.2) is 204 Å². The van der Waals surface area contributed by atoms with Gasteiger partial charge in [-0.3, -0.25) is 0 Å². The lowest BCUT2D eigenvalue weighted by atomic mass is 9.32. The number of allylic oxidation sites excluding steroid dienone is 1. The molecule has 384 valence electrons. The van der Waals surface area contributed by atoms with Crippen LogP contribution in [0.5, 0.6) is 0 Å². The summed E-state index contributed by atoms with van der Waals surface area (Å²) in [5.74, 6) is -0.0714. The van der Waals surface area contributed by atoms with Gasteiger partial charge in [0.15, 0.2) is 18.9 Å². The molecule has 0 amide bonds. The zero-order valence-corrected chi connectivity index (χ0v) is 39.6. The van der Waals surface area contributed by atoms with Crippen LogP contribution < -0.4 is 0 Å². The zero-order valence-electron chi connectivity index (χ0n) is 39.6. The van der Waals surface area contributed by atoms with Crippen LogP contribution in [0.2, 0.25) is 0 Å². The van der Waals surface area contributed by atoms with E-state index in [1.807, 2.05) is 6.92 Å². The Labute approximate surface area is 391 Å². The van der Waals surface area contributed by atoms with E-state index in [9.17, 15) is 61.3 Å². The Morgan fingerprint density at radius 1 is 0.597 bits per heavy atom. The standard InChI is InChI=1S/C48H78O19/c1-22-30(54)37(66-39-35(59)33(57)31(55)23(17-49)63-39)38(67-40-36(60)34(58)32(56)24(18-50)64-40)41(62-22)65-29-9-10-43(3)25(44(29,4)20-52)7-11-45(5)26(43)8-12-48-27-15-42(2,19-51)13-14-47(27,21-61-48)28(53)16-46(45,48)6/h8,12,22-41,49-60H,7,9-11,13-21H2,1-6H3/t22-,23-,24-,25?,26-,27-,28+,29+,30+,31-,32-,33+,34+,35-,36-,37+,38-,39+,40+,41+,42+,43+,44+,45-,46+,47-,48+/m1/s1. The molecule has 2 bridgehead atoms. The minimum absolute atomic E-state index is 0.0117. The normalized spacial score (nSPS) is 59.5. The summed E-state index contributed by atoms with van der Waals surface area (Å²) < 4.78 is 44.3. The summed E-state index contributed by atoms with van der Waals surface area (Å²) in [6.07, 6.45) is -15.5. The van der Waals surface area contributed by atoms with Gasteiger partial charge in [0.05, 0.1) is 50.3 Å². The number of ether oxygens (including phenoxy) is 7. The molecular weight excluding hydrogens is 881 g/mol. The zero-order chi connectivity index (χ0) is 48.6. The molecule has 9 rings (SSSR count). The third-order valence-corrected chi connectivity index (χ3v) is 20.3. The monoisotopic (exact) mass is 959 g/mol. The fourth-order valence-electron chi connectivity index (χ4n) is 15.8. The summed E-state index contributed by atoms with van der Waals surface area (Å²) in [6.45, 7) is 11.4. The molecule has 19 nitrogen and oxygen atoms in total. The molecule has 4 saturated carbocycles. The third kappa shape index (κ3) is 7.22. The fraction of sp³-hybridized carbons (Fsp3) is 0.958. The van der Waals surface area contributed by atoms with Crippen LogP contribution in [0.15, 0.2) is 12.2 Å². The maximum absolute atomic E-state index is 12.3. The molecule has 4 saturated heterocycles. The molecule has 0 radical (unpaired) electrons. The van der Waals surface area contributed by atoms with Crippen LogP contribution in [0.3, 0.4) is 0 Å². The first-order valence-corrected chi connectivity index (χ1v) is 24.6. The van der Waals surface area contributed by atoms with E-state index in [0.717, 1.165) is 25.7 Å². The smallest absolute Gasteiger partial charge is 0.187 e. The van der Waals surface area contributed by atoms with E-state index >= 15 is 0 Å². The molecule has 0 aromatic rings. The Morgan fingerprint density at radius 2 is 1.21 bits per heavy atom. The second-order valence-electron chi connectivity index (χ2n) is 23.6. The summed E-state index contributed by atoms with van der Waals surface area (Å²) in [7, 11) is 0. The lowest BCUT2D eigenvalue weighted by Crippen LogP contribution is -2.73. The molecule has 4 heterocycles. The number of hydrogen-bond donors (Lipinski definition) is 12. The molecule has 19 heteroatoms. The predicted octanol–water partition coefficient (Wildman–Crippen LogP) is -1.43. The lowest BCUT2D eigenvalue weighted by molar-refractivity contribution is -0.398. The maximum atomic E-state index is 12.3. The Hall–Kier alpha value is -1.02. The second kappa shape index (κ2) is 17.6. The van der Waals surface area contributed by atoms with Crippen molar-refractivity contribution in [1.29, 1.82) is 0 Å². The molecule has 27 atom stereocenters. The summed E-state index contributed by atoms with van der Waals surface area (Å²) >= 11 is 0. The van der Waals surface area contributed by atoms with Gasteiger partial charge in [0.1, 0.15) is 67.1 Å². The van der Waals surface area contributed by atoms with Crippen molar-refractivity contribution >= 4 is 0 Å². The van der Waals surface area contributed by atoms with Crippen LogP contribution in [0, 0.1) is 50.2 Å². The summed E-state index contributed by atoms with van der Waals surface area (Å²) in [5, 5.41) is 131. The van der Waals surface area contributed by atoms with Crippen molar-refractivity contribution in [3.8, 4) is 0 Å². The minimum Gasteiger partial charge on any atom is -0.396 e. The van der Waals surface area contributed by atoms with Gasteiger partial charge in [0.2, 0.25) is 0 Å². The first-order chi connectivity index (χ1) is 31.5. The van der Waals surface area contributed by atoms with Gasteiger partial charge in [-0.15, -0.1) is 0 Å². The Balaban J connectivity index is 1.03. The average Bonchev–Trinajstić information content (AvgIpc) is 3.58. The van der Waals surface area contributed by atoms with Gasteiger partial charge in [-0.1, -0.05) is 46.8 Å². The SMILES string of the molecule is C[C@H]1O[C@@H](O[C@H]2CC[C@@]3(C)C(CC[C@]4(C)[C@@H]3C=C[C@]35OC[C@@]6(CC[C@](C)(CO)C[C@H]63)[C@@H](O)C[C@]54C)[C@]2(C)CO)[C@H](O[C@@H]2O[C@H](CO)[C@@H](O)[C@H](O)[C@H]2O)[C@@H](O[C@@H]2O[C@H](CO)[C@@H](O)[C@H](O)[C@H]2O)[C@H]1O. The summed E-state index contributed by atoms with van der Waals surface area (Å²) in [4.78, 5) is 0. The Kier molecular flexibility index (Phi) is 13.4. The van der Waals surface area contributed by atoms with E-state index in [1.54, 1.807) is 6.92 Å². The quantitative estimate of drug-likeness (QED) is 0.0883. The molecule has 8 fully saturated rings. The van der Waals surface area contributed by atoms with Gasteiger partial charge < -0.3 is 94.4 Å². The van der Waals surface area contributed by atoms with Gasteiger partial charge in [-0.05, 0) is 86.4 Å². The highest BCUT2D eigenvalue weighted by Crippen LogP contribution is 2.79. The molecule has 12 N–H and O–H groups in total. The molecule has 1 spiro atoms. The molecule has 4 aliphatic heterocycles. The van der Waals surface area contributed by atoms with Gasteiger partial charge in [0.25, 0.3) is 0 Å². The first kappa shape index (κ1) is 50.9. The fourth-order valence-corrected chi connectivity index (χ4v) is 15.8. The summed E-state index contributed by atoms with van der Waals surface area (Å²) in [6, 6.07) is 0. The number of fused-ring (bicyclic) bond motifs is 4. The van der Waals surface area contributed by atoms with Gasteiger partial charge in [0, 0.05) is 28.8 Å². The second-order valence-corrected chi connectivity index (χ2v) is 23.6. The highest BCUT2D eigenvalue weighted by Gasteiger charge is 2.79. The van der Waals surface area contributed by atoms with Crippen molar-refractivity contribution in [2.24, 2.45) is 50.2 Å². The molecular formula is C48H78O19. The lowest BCUT2D eigenvalue weighted by Gasteiger charge is -2.73. The third-order valence-electron chi connectivity index (χ3n) is 20.3. The van der Waals surface area contributed by atoms with Crippen molar-refractivity contribution < 1.29 is 94.4 Å². The topological polar surface area (TPSA) is 307 Å². The van der Waals surface area contributed by atoms with E-state index in [1.165, 1.54) is 0 Å². The molecule has 5 aliphatic carbocycles. The van der Waals surface area contributed by atoms with Crippen molar-refractivity contribution in [2.75, 3.05) is 33.0 Å². The van der Waals surface area contributed by atoms with E-state index < -0.39 is 134 Å². The Bertz CT molecular complexity index is 1820. The van der Waals surface area contributed by atoms with Crippen LogP contribution in [0.25, 0.3) is 0 Å².